The van der Waals surface area contributed by atoms with E-state index in [1.54, 1.807) is 12.3 Å². The van der Waals surface area contributed by atoms with Gasteiger partial charge in [-0.05, 0) is 101 Å². The van der Waals surface area contributed by atoms with Crippen LogP contribution in [-0.4, -0.2) is 89.5 Å². The molecule has 3 bridgehead atoms. The Kier molecular flexibility index (Phi) is 7.84. The number of fused-ring (bicyclic) bond motifs is 5. The van der Waals surface area contributed by atoms with Crippen molar-refractivity contribution in [2.24, 2.45) is 11.3 Å². The molecule has 4 aliphatic heterocycles. The summed E-state index contributed by atoms with van der Waals surface area (Å²) in [6.45, 7) is 3.44. The first-order chi connectivity index (χ1) is 23.6. The van der Waals surface area contributed by atoms with E-state index in [-0.39, 0.29) is 34.3 Å². The summed E-state index contributed by atoms with van der Waals surface area (Å²) in [6, 6.07) is 2.45. The molecule has 3 fully saturated rings. The Hall–Kier alpha value is -4.20. The Morgan fingerprint density at radius 3 is 2.61 bits per heavy atom. The summed E-state index contributed by atoms with van der Waals surface area (Å²) in [5, 5.41) is 48.6. The average Bonchev–Trinajstić information content (AvgIpc) is 3.60. The summed E-state index contributed by atoms with van der Waals surface area (Å²) in [4.78, 5) is 48.3. The molecule has 1 aromatic carbocycles. The number of allylic oxidation sites excluding steroid dienone is 3. The lowest BCUT2D eigenvalue weighted by atomic mass is 9.54. The normalized spacial score (nSPS) is 33.0. The zero-order chi connectivity index (χ0) is 34.1. The molecule has 6 atom stereocenters. The van der Waals surface area contributed by atoms with E-state index in [9.17, 15) is 35.2 Å². The fourth-order valence-electron chi connectivity index (χ4n) is 10.3. The number of non-ortho nitro benzene ring substituents is 1. The van der Waals surface area contributed by atoms with Crippen molar-refractivity contribution in [2.75, 3.05) is 26.2 Å². The third-order valence-electron chi connectivity index (χ3n) is 12.2. The summed E-state index contributed by atoms with van der Waals surface area (Å²) in [6.07, 6.45) is 16.8. The SMILES string of the molecule is O=C1CCCN2[C@@H](CC1)C[C@]13CN4CCCC/C=C\CC[C@](O)(C=C(c5nccc6c5[nH]c5c(O)c([N+](=O)[O-])cc([N+](=O)[O-])c56)[C@@H]1CC4)[C@H]23. The number of hydrogen-bond donors (Lipinski definition) is 3. The number of aromatic amines is 1. The maximum absolute atomic E-state index is 13.1. The van der Waals surface area contributed by atoms with Crippen LogP contribution < -0.4 is 0 Å². The minimum Gasteiger partial charge on any atom is -0.501 e. The monoisotopic (exact) mass is 670 g/mol. The Labute approximate surface area is 283 Å². The number of phenols is 1. The van der Waals surface area contributed by atoms with Crippen LogP contribution in [0.1, 0.15) is 76.3 Å². The Morgan fingerprint density at radius 1 is 0.980 bits per heavy atom. The molecule has 13 nitrogen and oxygen atoms in total. The highest BCUT2D eigenvalue weighted by molar-refractivity contribution is 6.16. The molecule has 5 aliphatic rings. The molecule has 0 saturated carbocycles. The number of Topliss-reactive ketones (excluding diaryl/α,β-unsaturated/α-hetero) is 1. The van der Waals surface area contributed by atoms with Gasteiger partial charge in [-0.15, -0.1) is 0 Å². The lowest BCUT2D eigenvalue weighted by molar-refractivity contribution is -0.393. The topological polar surface area (TPSA) is 179 Å². The van der Waals surface area contributed by atoms with Crippen molar-refractivity contribution in [3.8, 4) is 5.75 Å². The zero-order valence-electron chi connectivity index (χ0n) is 27.5. The highest BCUT2D eigenvalue weighted by Crippen LogP contribution is 2.62. The van der Waals surface area contributed by atoms with Crippen LogP contribution in [0.25, 0.3) is 27.4 Å². The largest absolute Gasteiger partial charge is 0.501 e. The predicted molar refractivity (Wildman–Crippen MR) is 183 cm³/mol. The predicted octanol–water partition coefficient (Wildman–Crippen LogP) is 5.78. The number of aliphatic hydroxyl groups is 1. The molecule has 49 heavy (non-hydrogen) atoms. The van der Waals surface area contributed by atoms with Gasteiger partial charge >= 0.3 is 5.69 Å². The van der Waals surface area contributed by atoms with E-state index in [1.807, 2.05) is 6.08 Å². The first kappa shape index (κ1) is 32.0. The van der Waals surface area contributed by atoms with Gasteiger partial charge in [-0.1, -0.05) is 12.2 Å². The first-order valence-electron chi connectivity index (χ1n) is 17.7. The number of nitro groups is 2. The number of nitrogens with one attached hydrogen (secondary N) is 1. The lowest BCUT2D eigenvalue weighted by Crippen LogP contribution is -2.65. The minimum atomic E-state index is -1.23. The van der Waals surface area contributed by atoms with Crippen LogP contribution in [0.4, 0.5) is 11.4 Å². The van der Waals surface area contributed by atoms with Gasteiger partial charge in [-0.3, -0.25) is 34.9 Å². The molecular weight excluding hydrogens is 628 g/mol. The molecule has 13 heteroatoms. The number of aromatic nitrogens is 2. The number of aromatic hydroxyl groups is 1. The standard InChI is InChI=1S/C36H42N6O7/c43-23-8-7-16-40-22(9-10-23)19-35-21-39-15-6-4-2-1-3-5-13-36(45,34(35)40)20-25(26(35)12-17-39)30-31-24(11-14-37-30)29-27(41(46)47)18-28(42(48)49)33(44)32(29)38-31/h1,3,11,14,18,20,22,26,34,38,44-45H,2,4-10,12-13,15-17,19,21H2/b3-1-/t22-,26-,34+,35-,36-/m0/s1. The third-order valence-corrected chi connectivity index (χ3v) is 12.2. The molecule has 3 N–H and O–H groups in total. The Balaban J connectivity index is 1.36. The number of phenolic OH excluding ortho intramolecular Hbond substituents is 1. The highest BCUT2D eigenvalue weighted by Gasteiger charge is 2.66. The van der Waals surface area contributed by atoms with Crippen molar-refractivity contribution in [2.45, 2.75) is 88.3 Å². The number of pyridine rings is 1. The van der Waals surface area contributed by atoms with Crippen LogP contribution in [0.2, 0.25) is 0 Å². The van der Waals surface area contributed by atoms with Gasteiger partial charge in [0.15, 0.2) is 0 Å². The van der Waals surface area contributed by atoms with Crippen LogP contribution in [0.3, 0.4) is 0 Å². The van der Waals surface area contributed by atoms with Gasteiger partial charge in [0.2, 0.25) is 5.75 Å². The quantitative estimate of drug-likeness (QED) is 0.176. The van der Waals surface area contributed by atoms with Crippen LogP contribution in [0, 0.1) is 31.6 Å². The summed E-state index contributed by atoms with van der Waals surface area (Å²) in [5.41, 5.74) is -1.03. The van der Waals surface area contributed by atoms with E-state index in [4.69, 9.17) is 4.98 Å². The highest BCUT2D eigenvalue weighted by atomic mass is 16.6. The second-order valence-corrected chi connectivity index (χ2v) is 14.9. The van der Waals surface area contributed by atoms with Crippen molar-refractivity contribution in [1.82, 2.24) is 19.8 Å². The van der Waals surface area contributed by atoms with Crippen LogP contribution in [0.5, 0.6) is 5.75 Å². The smallest absolute Gasteiger partial charge is 0.319 e. The van der Waals surface area contributed by atoms with Gasteiger partial charge in [0, 0.05) is 48.5 Å². The van der Waals surface area contributed by atoms with Crippen molar-refractivity contribution in [3.05, 3.63) is 62.5 Å². The summed E-state index contributed by atoms with van der Waals surface area (Å²) >= 11 is 0. The number of carbonyl (C=O) groups excluding carboxylic acids is 1. The molecule has 1 aliphatic carbocycles. The minimum absolute atomic E-state index is 0.00100. The van der Waals surface area contributed by atoms with Gasteiger partial charge in [0.25, 0.3) is 5.69 Å². The molecule has 3 saturated heterocycles. The van der Waals surface area contributed by atoms with Crippen LogP contribution in [-0.2, 0) is 4.79 Å². The van der Waals surface area contributed by atoms with Gasteiger partial charge in [0.1, 0.15) is 11.3 Å². The van der Waals surface area contributed by atoms with Crippen molar-refractivity contribution >= 4 is 44.5 Å². The number of rotatable bonds is 3. The molecule has 8 rings (SSSR count). The van der Waals surface area contributed by atoms with Gasteiger partial charge in [-0.25, -0.2) is 0 Å². The zero-order valence-corrected chi connectivity index (χ0v) is 27.5. The number of hydrogen-bond acceptors (Lipinski definition) is 10. The average molecular weight is 671 g/mol. The molecule has 6 heterocycles. The summed E-state index contributed by atoms with van der Waals surface area (Å²) in [7, 11) is 0. The number of nitrogens with zero attached hydrogens (tertiary/aromatic N) is 5. The fourth-order valence-corrected chi connectivity index (χ4v) is 10.3. The number of nitro benzene ring substituents is 2. The number of piperidine rings is 1. The van der Waals surface area contributed by atoms with E-state index in [0.29, 0.717) is 48.1 Å². The van der Waals surface area contributed by atoms with Crippen LogP contribution >= 0.6 is 0 Å². The molecule has 1 spiro atoms. The van der Waals surface area contributed by atoms with Gasteiger partial charge in [0.05, 0.1) is 38.1 Å². The maximum Gasteiger partial charge on any atom is 0.319 e. The summed E-state index contributed by atoms with van der Waals surface area (Å²) < 4.78 is 0. The van der Waals surface area contributed by atoms with Crippen molar-refractivity contribution in [1.29, 1.82) is 0 Å². The fraction of sp³-hybridized carbons (Fsp3) is 0.556. The molecule has 3 aromatic rings. The first-order valence-corrected chi connectivity index (χ1v) is 17.7. The van der Waals surface area contributed by atoms with E-state index in [0.717, 1.165) is 82.8 Å². The van der Waals surface area contributed by atoms with Crippen LogP contribution in [0.15, 0.2) is 36.6 Å². The maximum atomic E-state index is 13.1. The Bertz CT molecular complexity index is 1940. The summed E-state index contributed by atoms with van der Waals surface area (Å²) in [5.74, 6) is -0.359. The molecule has 0 amide bonds. The van der Waals surface area contributed by atoms with Gasteiger partial charge < -0.3 is 20.1 Å². The molecule has 0 radical (unpaired) electrons. The number of carbonyl (C=O) groups is 1. The second kappa shape index (κ2) is 12.0. The number of ketones is 1. The van der Waals surface area contributed by atoms with Gasteiger partial charge in [-0.2, -0.15) is 0 Å². The molecular formula is C36H42N6O7. The second-order valence-electron chi connectivity index (χ2n) is 14.9. The van der Waals surface area contributed by atoms with E-state index < -0.39 is 32.6 Å². The Morgan fingerprint density at radius 2 is 1.80 bits per heavy atom. The molecule has 1 unspecified atom stereocenters. The number of H-pyrrole nitrogens is 1. The van der Waals surface area contributed by atoms with Crippen molar-refractivity contribution < 1.29 is 24.9 Å². The van der Waals surface area contributed by atoms with E-state index in [1.165, 1.54) is 0 Å². The van der Waals surface area contributed by atoms with E-state index >= 15 is 0 Å². The lowest BCUT2D eigenvalue weighted by Gasteiger charge is -2.58. The molecule has 258 valence electrons. The van der Waals surface area contributed by atoms with E-state index in [2.05, 4.69) is 26.9 Å². The third kappa shape index (κ3) is 5.07. The van der Waals surface area contributed by atoms with Crippen molar-refractivity contribution in [3.63, 3.8) is 0 Å². The number of benzene rings is 1. The molecule has 2 aromatic heterocycles.